The number of anilines is 1. The van der Waals surface area contributed by atoms with E-state index in [1.165, 1.54) is 0 Å². The molecule has 4 unspecified atom stereocenters. The highest BCUT2D eigenvalue weighted by Gasteiger charge is 2.43. The molecule has 1 saturated heterocycles. The molecule has 31 heavy (non-hydrogen) atoms. The molecule has 2 aromatic rings. The van der Waals surface area contributed by atoms with Crippen LogP contribution in [0.2, 0.25) is 0 Å². The van der Waals surface area contributed by atoms with Crippen LogP contribution in [0.1, 0.15) is 30.4 Å². The van der Waals surface area contributed by atoms with Crippen molar-refractivity contribution < 1.29 is 14.3 Å². The highest BCUT2D eigenvalue weighted by atomic mass is 16.5. The number of carbonyl (C=O) groups is 2. The zero-order valence-electron chi connectivity index (χ0n) is 17.1. The monoisotopic (exact) mass is 416 g/mol. The van der Waals surface area contributed by atoms with Gasteiger partial charge in [0.2, 0.25) is 5.91 Å². The summed E-state index contributed by atoms with van der Waals surface area (Å²) in [6.07, 6.45) is 3.34. The summed E-state index contributed by atoms with van der Waals surface area (Å²) in [6, 6.07) is 15.8. The summed E-state index contributed by atoms with van der Waals surface area (Å²) < 4.78 is 5.04. The van der Waals surface area contributed by atoms with Gasteiger partial charge in [0.1, 0.15) is 12.6 Å². The van der Waals surface area contributed by atoms with Gasteiger partial charge in [-0.2, -0.15) is 5.26 Å². The summed E-state index contributed by atoms with van der Waals surface area (Å²) >= 11 is 0. The fraction of sp³-hybridized carbons (Fsp3) is 0.375. The maximum atomic E-state index is 12.6. The van der Waals surface area contributed by atoms with E-state index in [4.69, 9.17) is 4.74 Å². The molecular formula is C24H24N4O3. The molecule has 2 fully saturated rings. The molecule has 1 aliphatic carbocycles. The van der Waals surface area contributed by atoms with E-state index in [0.717, 1.165) is 47.2 Å². The Bertz CT molecular complexity index is 1060. The molecule has 2 heterocycles. The summed E-state index contributed by atoms with van der Waals surface area (Å²) in [5.74, 6) is 0.345. The van der Waals surface area contributed by atoms with Gasteiger partial charge in [-0.05, 0) is 54.0 Å². The van der Waals surface area contributed by atoms with Gasteiger partial charge in [-0.15, -0.1) is 0 Å². The van der Waals surface area contributed by atoms with E-state index in [2.05, 4.69) is 22.0 Å². The Balaban J connectivity index is 1.23. The maximum Gasteiger partial charge on any atom is 0.411 e. The summed E-state index contributed by atoms with van der Waals surface area (Å²) in [7, 11) is 0. The molecule has 0 spiro atoms. The largest absolute Gasteiger partial charge is 0.444 e. The highest BCUT2D eigenvalue weighted by Crippen LogP contribution is 2.35. The van der Waals surface area contributed by atoms with Crippen LogP contribution in [0.5, 0.6) is 0 Å². The van der Waals surface area contributed by atoms with Crippen molar-refractivity contribution in [2.45, 2.75) is 50.4 Å². The molecule has 7 heteroatoms. The molecule has 5 rings (SSSR count). The van der Waals surface area contributed by atoms with Crippen LogP contribution in [0.3, 0.4) is 0 Å². The third kappa shape index (κ3) is 3.99. The number of rotatable bonds is 5. The number of hydrogen-bond acceptors (Lipinski definition) is 5. The minimum Gasteiger partial charge on any atom is -0.444 e. The molecule has 158 valence electrons. The number of benzene rings is 2. The van der Waals surface area contributed by atoms with Gasteiger partial charge in [0.15, 0.2) is 0 Å². The van der Waals surface area contributed by atoms with Gasteiger partial charge in [0.05, 0.1) is 17.8 Å². The third-order valence-corrected chi connectivity index (χ3v) is 6.54. The van der Waals surface area contributed by atoms with E-state index < -0.39 is 12.1 Å². The minimum absolute atomic E-state index is 0.0567. The second kappa shape index (κ2) is 8.05. The Morgan fingerprint density at radius 1 is 1.19 bits per heavy atom. The van der Waals surface area contributed by atoms with E-state index in [-0.39, 0.29) is 18.6 Å². The van der Waals surface area contributed by atoms with E-state index in [1.54, 1.807) is 0 Å². The minimum atomic E-state index is -0.552. The van der Waals surface area contributed by atoms with Crippen LogP contribution in [0.25, 0.3) is 11.1 Å². The first-order chi connectivity index (χ1) is 15.1. The molecule has 0 aromatic heterocycles. The Morgan fingerprint density at radius 2 is 2.00 bits per heavy atom. The number of nitrogens with zero attached hydrogens (tertiary/aromatic N) is 1. The lowest BCUT2D eigenvalue weighted by atomic mass is 9.97. The number of piperidine rings is 1. The lowest BCUT2D eigenvalue weighted by molar-refractivity contribution is -0.124. The number of carbonyl (C=O) groups excluding carboxylic acids is 2. The predicted octanol–water partition coefficient (Wildman–Crippen LogP) is 3.11. The van der Waals surface area contributed by atoms with Crippen molar-refractivity contribution in [3.8, 4) is 17.2 Å². The number of ether oxygens (including phenoxy) is 1. The van der Waals surface area contributed by atoms with Crippen molar-refractivity contribution >= 4 is 17.7 Å². The normalized spacial score (nSPS) is 24.5. The van der Waals surface area contributed by atoms with Crippen LogP contribution in [-0.2, 0) is 22.6 Å². The number of fused-ring (bicyclic) bond motifs is 3. The molecule has 7 nitrogen and oxygen atoms in total. The molecule has 3 N–H and O–H groups in total. The smallest absolute Gasteiger partial charge is 0.411 e. The number of cyclic esters (lactones) is 1. The Kier molecular flexibility index (Phi) is 5.08. The van der Waals surface area contributed by atoms with Crippen molar-refractivity contribution in [2.75, 3.05) is 5.32 Å². The summed E-state index contributed by atoms with van der Waals surface area (Å²) in [6.45, 7) is 0.258. The molecule has 2 bridgehead atoms. The van der Waals surface area contributed by atoms with E-state index in [0.29, 0.717) is 18.4 Å². The quantitative estimate of drug-likeness (QED) is 0.695. The number of hydrogen-bond donors (Lipinski definition) is 3. The Hall–Kier alpha value is -3.37. The van der Waals surface area contributed by atoms with Gasteiger partial charge < -0.3 is 15.4 Å². The van der Waals surface area contributed by atoms with Gasteiger partial charge in [-0.1, -0.05) is 30.3 Å². The first kappa shape index (κ1) is 19.6. The van der Waals surface area contributed by atoms with Crippen molar-refractivity contribution in [1.29, 1.82) is 5.26 Å². The molecule has 2 amide bonds. The van der Waals surface area contributed by atoms with E-state index >= 15 is 0 Å². The lowest BCUT2D eigenvalue weighted by Crippen LogP contribution is -2.50. The molecular weight excluding hydrogens is 392 g/mol. The standard InChI is InChI=1S/C24H24N4O3/c25-12-20(27-23(29)22-17-5-7-19(11-17)26-22)9-14-1-3-15(4-2-14)16-6-8-21-18(10-16)13-31-24(30)28-21/h1-4,6,8,10,17,19-20,22,26H,5,7,9,11,13H2,(H,27,29)(H,28,30). The van der Waals surface area contributed by atoms with Crippen LogP contribution in [0.15, 0.2) is 42.5 Å². The van der Waals surface area contributed by atoms with Crippen LogP contribution in [0, 0.1) is 17.2 Å². The first-order valence-electron chi connectivity index (χ1n) is 10.7. The van der Waals surface area contributed by atoms with Gasteiger partial charge in [0.25, 0.3) is 0 Å². The SMILES string of the molecule is N#CC(Cc1ccc(-c2ccc3c(c2)COC(=O)N3)cc1)NC(=O)C1NC2CCC1C2. The average molecular weight is 416 g/mol. The Labute approximate surface area is 180 Å². The van der Waals surface area contributed by atoms with Gasteiger partial charge in [-0.25, -0.2) is 4.79 Å². The first-order valence-corrected chi connectivity index (χ1v) is 10.7. The summed E-state index contributed by atoms with van der Waals surface area (Å²) in [4.78, 5) is 23.9. The van der Waals surface area contributed by atoms with Crippen LogP contribution < -0.4 is 16.0 Å². The van der Waals surface area contributed by atoms with Gasteiger partial charge in [0, 0.05) is 18.0 Å². The van der Waals surface area contributed by atoms with Crippen LogP contribution in [-0.4, -0.2) is 30.1 Å². The topological polar surface area (TPSA) is 103 Å². The number of amides is 2. The molecule has 2 aromatic carbocycles. The van der Waals surface area contributed by atoms with Gasteiger partial charge in [-0.3, -0.25) is 10.1 Å². The summed E-state index contributed by atoms with van der Waals surface area (Å²) in [5, 5.41) is 18.5. The van der Waals surface area contributed by atoms with Crippen molar-refractivity contribution in [3.05, 3.63) is 53.6 Å². The molecule has 3 aliphatic rings. The van der Waals surface area contributed by atoms with Crippen molar-refractivity contribution in [1.82, 2.24) is 10.6 Å². The predicted molar refractivity (Wildman–Crippen MR) is 115 cm³/mol. The number of nitriles is 1. The average Bonchev–Trinajstić information content (AvgIpc) is 3.42. The van der Waals surface area contributed by atoms with Gasteiger partial charge >= 0.3 is 6.09 Å². The van der Waals surface area contributed by atoms with E-state index in [9.17, 15) is 14.9 Å². The van der Waals surface area contributed by atoms with Crippen molar-refractivity contribution in [2.24, 2.45) is 5.92 Å². The fourth-order valence-electron chi connectivity index (χ4n) is 4.91. The number of nitrogens with one attached hydrogen (secondary N) is 3. The second-order valence-corrected chi connectivity index (χ2v) is 8.58. The maximum absolute atomic E-state index is 12.6. The second-order valence-electron chi connectivity index (χ2n) is 8.58. The molecule has 1 saturated carbocycles. The zero-order chi connectivity index (χ0) is 21.4. The Morgan fingerprint density at radius 3 is 2.71 bits per heavy atom. The molecule has 2 aliphatic heterocycles. The van der Waals surface area contributed by atoms with E-state index in [1.807, 2.05) is 42.5 Å². The third-order valence-electron chi connectivity index (χ3n) is 6.54. The summed E-state index contributed by atoms with van der Waals surface area (Å²) in [5.41, 5.74) is 4.76. The lowest BCUT2D eigenvalue weighted by Gasteiger charge is -2.23. The van der Waals surface area contributed by atoms with Crippen molar-refractivity contribution in [3.63, 3.8) is 0 Å². The van der Waals surface area contributed by atoms with Crippen LogP contribution in [0.4, 0.5) is 10.5 Å². The highest BCUT2D eigenvalue weighted by molar-refractivity contribution is 5.88. The fourth-order valence-corrected chi connectivity index (χ4v) is 4.91. The molecule has 4 atom stereocenters. The zero-order valence-corrected chi connectivity index (χ0v) is 17.1. The van der Waals surface area contributed by atoms with Crippen LogP contribution >= 0.6 is 0 Å². The molecule has 0 radical (unpaired) electrons.